The molecule has 1 unspecified atom stereocenters. The molecule has 34 heavy (non-hydrogen) atoms. The Hall–Kier alpha value is -4.07. The molecule has 8 heteroatoms. The standard InChI is InChI=1S/C26H27N5O3/c1-3-6-22(32)19(11-15(2)24(27)33)16-9-10-21-20(12-16)23(30-26(28)29-21)25(34)31-13-17-7-4-5-8-18(17)14-31/h4-5,7-10,12,19H,2-3,6,11,13-14H2,1H3,(H2,27,33)(H2,28,29,30). The van der Waals surface area contributed by atoms with Crippen molar-refractivity contribution in [2.24, 2.45) is 5.73 Å². The molecule has 0 saturated carbocycles. The van der Waals surface area contributed by atoms with E-state index in [-0.39, 0.29) is 35.3 Å². The van der Waals surface area contributed by atoms with Crippen molar-refractivity contribution in [1.82, 2.24) is 14.9 Å². The maximum absolute atomic E-state index is 13.5. The molecule has 0 aliphatic carbocycles. The maximum atomic E-state index is 13.5. The summed E-state index contributed by atoms with van der Waals surface area (Å²) in [6, 6.07) is 13.1. The van der Waals surface area contributed by atoms with Crippen LogP contribution in [-0.2, 0) is 22.7 Å². The van der Waals surface area contributed by atoms with Crippen LogP contribution in [0.25, 0.3) is 10.9 Å². The number of carbonyl (C=O) groups excluding carboxylic acids is 3. The third kappa shape index (κ3) is 4.52. The molecule has 1 aromatic heterocycles. The second kappa shape index (κ2) is 9.43. The summed E-state index contributed by atoms with van der Waals surface area (Å²) in [5, 5.41) is 0.506. The van der Waals surface area contributed by atoms with E-state index in [0.717, 1.165) is 11.1 Å². The summed E-state index contributed by atoms with van der Waals surface area (Å²) in [6.45, 7) is 6.61. The van der Waals surface area contributed by atoms with E-state index in [1.54, 1.807) is 23.1 Å². The highest BCUT2D eigenvalue weighted by molar-refractivity contribution is 6.05. The maximum Gasteiger partial charge on any atom is 0.273 e. The molecule has 1 aliphatic rings. The molecule has 2 amide bonds. The lowest BCUT2D eigenvalue weighted by Gasteiger charge is -2.19. The van der Waals surface area contributed by atoms with Crippen molar-refractivity contribution >= 4 is 34.4 Å². The lowest BCUT2D eigenvalue weighted by molar-refractivity contribution is -0.120. The molecule has 0 spiro atoms. The van der Waals surface area contributed by atoms with Gasteiger partial charge in [0, 0.05) is 36.4 Å². The number of carbonyl (C=O) groups is 3. The number of anilines is 1. The van der Waals surface area contributed by atoms with Gasteiger partial charge >= 0.3 is 0 Å². The average molecular weight is 458 g/mol. The summed E-state index contributed by atoms with van der Waals surface area (Å²) >= 11 is 0. The Balaban J connectivity index is 1.75. The van der Waals surface area contributed by atoms with Crippen molar-refractivity contribution in [1.29, 1.82) is 0 Å². The molecule has 8 nitrogen and oxygen atoms in total. The van der Waals surface area contributed by atoms with Crippen LogP contribution in [0.2, 0.25) is 0 Å². The number of nitrogen functional groups attached to an aromatic ring is 1. The van der Waals surface area contributed by atoms with E-state index in [1.165, 1.54) is 0 Å². The molecule has 0 saturated heterocycles. The fraction of sp³-hybridized carbons (Fsp3) is 0.269. The molecule has 4 rings (SSSR count). The van der Waals surface area contributed by atoms with Gasteiger partial charge in [-0.2, -0.15) is 0 Å². The summed E-state index contributed by atoms with van der Waals surface area (Å²) in [6.07, 6.45) is 1.13. The minimum absolute atomic E-state index is 0.000951. The molecule has 1 aliphatic heterocycles. The van der Waals surface area contributed by atoms with Crippen molar-refractivity contribution in [2.45, 2.75) is 45.2 Å². The van der Waals surface area contributed by atoms with E-state index in [2.05, 4.69) is 16.5 Å². The second-order valence-electron chi connectivity index (χ2n) is 8.58. The molecular formula is C26H27N5O3. The molecule has 3 aromatic rings. The first-order valence-corrected chi connectivity index (χ1v) is 11.2. The lowest BCUT2D eigenvalue weighted by atomic mass is 9.86. The Bertz CT molecular complexity index is 1290. The van der Waals surface area contributed by atoms with E-state index < -0.39 is 11.8 Å². The fourth-order valence-corrected chi connectivity index (χ4v) is 4.36. The van der Waals surface area contributed by atoms with E-state index in [9.17, 15) is 14.4 Å². The van der Waals surface area contributed by atoms with Gasteiger partial charge in [-0.1, -0.05) is 43.8 Å². The minimum Gasteiger partial charge on any atom is -0.368 e. The zero-order valence-electron chi connectivity index (χ0n) is 19.1. The summed E-state index contributed by atoms with van der Waals surface area (Å²) in [5.41, 5.74) is 15.0. The van der Waals surface area contributed by atoms with Gasteiger partial charge in [-0.3, -0.25) is 14.4 Å². The summed E-state index contributed by atoms with van der Waals surface area (Å²) in [5.74, 6) is -1.54. The van der Waals surface area contributed by atoms with Crippen LogP contribution in [0.15, 0.2) is 54.6 Å². The summed E-state index contributed by atoms with van der Waals surface area (Å²) in [7, 11) is 0. The Labute approximate surface area is 197 Å². The van der Waals surface area contributed by atoms with Gasteiger partial charge in [-0.25, -0.2) is 9.97 Å². The number of Topliss-reactive ketones (excluding diaryl/α,β-unsaturated/α-hetero) is 1. The molecule has 174 valence electrons. The monoisotopic (exact) mass is 457 g/mol. The predicted molar refractivity (Wildman–Crippen MR) is 130 cm³/mol. The first-order valence-electron chi connectivity index (χ1n) is 11.2. The highest BCUT2D eigenvalue weighted by atomic mass is 16.2. The Morgan fingerprint density at radius 2 is 1.76 bits per heavy atom. The smallest absolute Gasteiger partial charge is 0.273 e. The van der Waals surface area contributed by atoms with Crippen LogP contribution in [0.4, 0.5) is 5.95 Å². The Morgan fingerprint density at radius 1 is 1.09 bits per heavy atom. The molecular weight excluding hydrogens is 430 g/mol. The van der Waals surface area contributed by atoms with Gasteiger partial charge < -0.3 is 16.4 Å². The van der Waals surface area contributed by atoms with Crippen molar-refractivity contribution in [2.75, 3.05) is 5.73 Å². The third-order valence-electron chi connectivity index (χ3n) is 6.15. The number of fused-ring (bicyclic) bond motifs is 2. The van der Waals surface area contributed by atoms with Crippen LogP contribution in [0.3, 0.4) is 0 Å². The number of hydrogen-bond acceptors (Lipinski definition) is 6. The third-order valence-corrected chi connectivity index (χ3v) is 6.15. The Kier molecular flexibility index (Phi) is 6.40. The normalized spacial score (nSPS) is 13.5. The summed E-state index contributed by atoms with van der Waals surface area (Å²) < 4.78 is 0. The van der Waals surface area contributed by atoms with E-state index >= 15 is 0 Å². The summed E-state index contributed by atoms with van der Waals surface area (Å²) in [4.78, 5) is 48.3. The predicted octanol–water partition coefficient (Wildman–Crippen LogP) is 3.25. The van der Waals surface area contributed by atoms with Crippen molar-refractivity contribution in [3.63, 3.8) is 0 Å². The minimum atomic E-state index is -0.643. The number of rotatable bonds is 8. The number of ketones is 1. The Morgan fingerprint density at radius 3 is 2.38 bits per heavy atom. The fourth-order valence-electron chi connectivity index (χ4n) is 4.36. The van der Waals surface area contributed by atoms with Gasteiger partial charge in [0.2, 0.25) is 11.9 Å². The first-order chi connectivity index (χ1) is 16.3. The van der Waals surface area contributed by atoms with Crippen LogP contribution in [0, 0.1) is 0 Å². The highest BCUT2D eigenvalue weighted by Gasteiger charge is 2.28. The molecule has 0 fully saturated rings. The van der Waals surface area contributed by atoms with Crippen LogP contribution < -0.4 is 11.5 Å². The lowest BCUT2D eigenvalue weighted by Crippen LogP contribution is -2.27. The van der Waals surface area contributed by atoms with Gasteiger partial charge in [0.05, 0.1) is 5.52 Å². The van der Waals surface area contributed by atoms with Crippen molar-refractivity contribution < 1.29 is 14.4 Å². The number of nitrogens with zero attached hydrogens (tertiary/aromatic N) is 3. The van der Waals surface area contributed by atoms with Crippen LogP contribution in [0.5, 0.6) is 0 Å². The SMILES string of the molecule is C=C(CC(C(=O)CCC)c1ccc2nc(N)nc(C(=O)N3Cc4ccccc4C3)c2c1)C(N)=O. The van der Waals surface area contributed by atoms with Crippen molar-refractivity contribution in [3.05, 3.63) is 77.0 Å². The zero-order valence-corrected chi connectivity index (χ0v) is 19.1. The zero-order chi connectivity index (χ0) is 24.4. The molecule has 2 aromatic carbocycles. The van der Waals surface area contributed by atoms with Crippen LogP contribution in [0.1, 0.15) is 59.3 Å². The van der Waals surface area contributed by atoms with Gasteiger partial charge in [0.1, 0.15) is 11.5 Å². The molecule has 2 heterocycles. The molecule has 0 radical (unpaired) electrons. The van der Waals surface area contributed by atoms with Crippen LogP contribution >= 0.6 is 0 Å². The topological polar surface area (TPSA) is 132 Å². The molecule has 0 bridgehead atoms. The molecule has 1 atom stereocenters. The largest absolute Gasteiger partial charge is 0.368 e. The van der Waals surface area contributed by atoms with Crippen LogP contribution in [-0.4, -0.2) is 32.5 Å². The number of amides is 2. The van der Waals surface area contributed by atoms with Gasteiger partial charge in [-0.15, -0.1) is 0 Å². The van der Waals surface area contributed by atoms with Gasteiger partial charge in [0.15, 0.2) is 0 Å². The van der Waals surface area contributed by atoms with E-state index in [1.807, 2.05) is 31.2 Å². The van der Waals surface area contributed by atoms with Crippen molar-refractivity contribution in [3.8, 4) is 0 Å². The average Bonchev–Trinajstić information content (AvgIpc) is 3.25. The van der Waals surface area contributed by atoms with Gasteiger partial charge in [0.25, 0.3) is 5.91 Å². The van der Waals surface area contributed by atoms with Gasteiger partial charge in [-0.05, 0) is 41.7 Å². The number of primary amides is 1. The van der Waals surface area contributed by atoms with E-state index in [0.29, 0.717) is 42.4 Å². The molecule has 4 N–H and O–H groups in total. The first kappa shape index (κ1) is 23.1. The number of nitrogens with two attached hydrogens (primary N) is 2. The number of aromatic nitrogens is 2. The second-order valence-corrected chi connectivity index (χ2v) is 8.58. The number of hydrogen-bond donors (Lipinski definition) is 2. The number of benzene rings is 2. The highest BCUT2D eigenvalue weighted by Crippen LogP contribution is 2.31. The quantitative estimate of drug-likeness (QED) is 0.499. The van der Waals surface area contributed by atoms with E-state index in [4.69, 9.17) is 11.5 Å².